The van der Waals surface area contributed by atoms with Crippen LogP contribution in [0.5, 0.6) is 11.5 Å². The van der Waals surface area contributed by atoms with Crippen molar-refractivity contribution in [1.82, 2.24) is 0 Å². The van der Waals surface area contributed by atoms with Crippen LogP contribution in [0.15, 0.2) is 58.8 Å². The zero-order valence-electron chi connectivity index (χ0n) is 17.5. The Labute approximate surface area is 176 Å². The third-order valence-corrected chi connectivity index (χ3v) is 4.13. The molecule has 0 bridgehead atoms. The quantitative estimate of drug-likeness (QED) is 0.305. The van der Waals surface area contributed by atoms with Gasteiger partial charge in [-0.25, -0.2) is 0 Å². The van der Waals surface area contributed by atoms with Crippen LogP contribution in [0.25, 0.3) is 0 Å². The van der Waals surface area contributed by atoms with Gasteiger partial charge in [0.1, 0.15) is 11.5 Å². The van der Waals surface area contributed by atoms with Crippen LogP contribution >= 0.6 is 0 Å². The van der Waals surface area contributed by atoms with Crippen molar-refractivity contribution in [2.24, 2.45) is 10.2 Å². The Morgan fingerprint density at radius 1 is 1.00 bits per heavy atom. The van der Waals surface area contributed by atoms with Gasteiger partial charge >= 0.3 is 5.97 Å². The van der Waals surface area contributed by atoms with Crippen LogP contribution in [0.1, 0.15) is 56.5 Å². The minimum absolute atomic E-state index is 0.0770. The van der Waals surface area contributed by atoms with Crippen LogP contribution in [0.4, 0.5) is 0 Å². The molecule has 0 heterocycles. The van der Waals surface area contributed by atoms with Gasteiger partial charge in [0.25, 0.3) is 0 Å². The molecule has 0 radical (unpaired) electrons. The zero-order chi connectivity index (χ0) is 22.4. The van der Waals surface area contributed by atoms with Crippen molar-refractivity contribution in [3.8, 4) is 17.6 Å². The monoisotopic (exact) mass is 407 g/mol. The SMILES string of the molecule is CC(C)(C)N=NC(C)(C#N)CCC(=O)Oc1ccccc1C(=O)c1ccccc1O. The molecule has 156 valence electrons. The van der Waals surface area contributed by atoms with Crippen molar-refractivity contribution in [3.63, 3.8) is 0 Å². The Morgan fingerprint density at radius 2 is 1.60 bits per heavy atom. The summed E-state index contributed by atoms with van der Waals surface area (Å²) >= 11 is 0. The normalized spacial score (nSPS) is 13.4. The number of aromatic hydroxyl groups is 1. The maximum absolute atomic E-state index is 12.8. The van der Waals surface area contributed by atoms with Gasteiger partial charge in [-0.05, 0) is 58.4 Å². The molecule has 0 amide bonds. The molecule has 0 spiro atoms. The first-order valence-corrected chi connectivity index (χ1v) is 9.52. The molecular weight excluding hydrogens is 382 g/mol. The third-order valence-electron chi connectivity index (χ3n) is 4.13. The predicted molar refractivity (Wildman–Crippen MR) is 111 cm³/mol. The molecule has 30 heavy (non-hydrogen) atoms. The van der Waals surface area contributed by atoms with Gasteiger partial charge in [-0.2, -0.15) is 15.5 Å². The second kappa shape index (κ2) is 9.31. The van der Waals surface area contributed by atoms with E-state index in [0.29, 0.717) is 0 Å². The number of azo groups is 1. The number of carbonyl (C=O) groups excluding carboxylic acids is 2. The third kappa shape index (κ3) is 6.24. The fourth-order valence-electron chi connectivity index (χ4n) is 2.46. The van der Waals surface area contributed by atoms with Crippen molar-refractivity contribution in [2.75, 3.05) is 0 Å². The molecular formula is C23H25N3O4. The second-order valence-electron chi connectivity index (χ2n) is 8.07. The van der Waals surface area contributed by atoms with Crippen molar-refractivity contribution in [2.45, 2.75) is 51.6 Å². The van der Waals surface area contributed by atoms with Gasteiger partial charge in [0, 0.05) is 6.42 Å². The summed E-state index contributed by atoms with van der Waals surface area (Å²) in [6.45, 7) is 7.19. The molecule has 2 rings (SSSR count). The standard InChI is InChI=1S/C23H25N3O4/c1-22(2,3)25-26-23(4,15-24)14-13-20(28)30-19-12-8-6-10-17(19)21(29)16-9-5-7-11-18(16)27/h5-12,27H,13-14H2,1-4H3. The lowest BCUT2D eigenvalue weighted by Gasteiger charge is -2.18. The summed E-state index contributed by atoms with van der Waals surface area (Å²) in [6.07, 6.45) is 0.0455. The minimum atomic E-state index is -1.16. The number of nitrogens with zero attached hydrogens (tertiary/aromatic N) is 3. The molecule has 0 fully saturated rings. The highest BCUT2D eigenvalue weighted by Crippen LogP contribution is 2.27. The zero-order valence-corrected chi connectivity index (χ0v) is 17.5. The van der Waals surface area contributed by atoms with Gasteiger partial charge in [-0.3, -0.25) is 9.59 Å². The molecule has 1 atom stereocenters. The summed E-state index contributed by atoms with van der Waals surface area (Å²) < 4.78 is 5.39. The Hall–Kier alpha value is -3.53. The maximum Gasteiger partial charge on any atom is 0.311 e. The molecule has 0 saturated carbocycles. The number of phenols is 1. The first-order chi connectivity index (χ1) is 14.0. The number of esters is 1. The molecule has 0 aliphatic carbocycles. The summed E-state index contributed by atoms with van der Waals surface area (Å²) in [6, 6.07) is 14.5. The number of nitriles is 1. The topological polar surface area (TPSA) is 112 Å². The average Bonchev–Trinajstić information content (AvgIpc) is 2.70. The summed E-state index contributed by atoms with van der Waals surface area (Å²) in [5.41, 5.74) is -1.32. The van der Waals surface area contributed by atoms with E-state index in [9.17, 15) is 20.0 Å². The number of phenolic OH excluding ortho intramolecular Hbond substituents is 1. The van der Waals surface area contributed by atoms with Crippen molar-refractivity contribution in [3.05, 3.63) is 59.7 Å². The molecule has 0 saturated heterocycles. The van der Waals surface area contributed by atoms with E-state index in [4.69, 9.17) is 4.74 Å². The van der Waals surface area contributed by atoms with Crippen LogP contribution in [0.3, 0.4) is 0 Å². The highest BCUT2D eigenvalue weighted by molar-refractivity contribution is 6.12. The number of ketones is 1. The second-order valence-corrected chi connectivity index (χ2v) is 8.07. The molecule has 0 aromatic heterocycles. The summed E-state index contributed by atoms with van der Waals surface area (Å²) in [5.74, 6) is -1.12. The Bertz CT molecular complexity index is 1000. The fourth-order valence-corrected chi connectivity index (χ4v) is 2.46. The first-order valence-electron chi connectivity index (χ1n) is 9.52. The number of benzene rings is 2. The summed E-state index contributed by atoms with van der Waals surface area (Å²) in [4.78, 5) is 25.2. The molecule has 0 aliphatic rings. The minimum Gasteiger partial charge on any atom is -0.507 e. The predicted octanol–water partition coefficient (Wildman–Crippen LogP) is 4.84. The van der Waals surface area contributed by atoms with Gasteiger partial charge in [0.15, 0.2) is 11.3 Å². The number of ether oxygens (including phenoxy) is 1. The molecule has 7 heteroatoms. The molecule has 2 aromatic carbocycles. The number of rotatable bonds is 7. The van der Waals surface area contributed by atoms with Crippen LogP contribution in [0, 0.1) is 11.3 Å². The van der Waals surface area contributed by atoms with E-state index in [0.717, 1.165) is 0 Å². The van der Waals surface area contributed by atoms with E-state index in [1.165, 1.54) is 24.3 Å². The number of hydrogen-bond acceptors (Lipinski definition) is 7. The van der Waals surface area contributed by atoms with Crippen molar-refractivity contribution < 1.29 is 19.4 Å². The summed E-state index contributed by atoms with van der Waals surface area (Å²) in [5, 5.41) is 27.6. The van der Waals surface area contributed by atoms with Crippen LogP contribution in [0.2, 0.25) is 0 Å². The van der Waals surface area contributed by atoms with Gasteiger partial charge in [-0.15, -0.1) is 0 Å². The lowest BCUT2D eigenvalue weighted by molar-refractivity contribution is -0.134. The first kappa shape index (κ1) is 22.8. The van der Waals surface area contributed by atoms with Crippen molar-refractivity contribution in [1.29, 1.82) is 5.26 Å². The van der Waals surface area contributed by atoms with E-state index < -0.39 is 22.8 Å². The van der Waals surface area contributed by atoms with Gasteiger partial charge in [-0.1, -0.05) is 24.3 Å². The van der Waals surface area contributed by atoms with E-state index in [-0.39, 0.29) is 35.5 Å². The smallest absolute Gasteiger partial charge is 0.311 e. The average molecular weight is 407 g/mol. The van der Waals surface area contributed by atoms with Gasteiger partial charge < -0.3 is 9.84 Å². The van der Waals surface area contributed by atoms with E-state index in [2.05, 4.69) is 16.3 Å². The van der Waals surface area contributed by atoms with Gasteiger partial charge in [0.05, 0.1) is 22.7 Å². The maximum atomic E-state index is 12.8. The van der Waals surface area contributed by atoms with Crippen molar-refractivity contribution >= 4 is 11.8 Å². The summed E-state index contributed by atoms with van der Waals surface area (Å²) in [7, 11) is 0. The molecule has 0 aliphatic heterocycles. The van der Waals surface area contributed by atoms with Crippen LogP contribution < -0.4 is 4.74 Å². The van der Waals surface area contributed by atoms with E-state index >= 15 is 0 Å². The lowest BCUT2D eigenvalue weighted by Crippen LogP contribution is -2.23. The van der Waals surface area contributed by atoms with E-state index in [1.807, 2.05) is 20.8 Å². The number of hydrogen-bond donors (Lipinski definition) is 1. The largest absolute Gasteiger partial charge is 0.507 e. The number of para-hydroxylation sites is 2. The van der Waals surface area contributed by atoms with E-state index in [1.54, 1.807) is 31.2 Å². The highest BCUT2D eigenvalue weighted by atomic mass is 16.5. The molecule has 1 N–H and O–H groups in total. The van der Waals surface area contributed by atoms with Gasteiger partial charge in [0.2, 0.25) is 0 Å². The molecule has 7 nitrogen and oxygen atoms in total. The Balaban J connectivity index is 2.13. The highest BCUT2D eigenvalue weighted by Gasteiger charge is 2.27. The fraction of sp³-hybridized carbons (Fsp3) is 0.348. The lowest BCUT2D eigenvalue weighted by atomic mass is 9.99. The van der Waals surface area contributed by atoms with Crippen LogP contribution in [-0.4, -0.2) is 27.9 Å². The van der Waals surface area contributed by atoms with Crippen LogP contribution in [-0.2, 0) is 4.79 Å². The molecule has 1 unspecified atom stereocenters. The molecule has 2 aromatic rings. The number of carbonyl (C=O) groups is 2. The Morgan fingerprint density at radius 3 is 2.20 bits per heavy atom. The Kier molecular flexibility index (Phi) is 7.06.